The van der Waals surface area contributed by atoms with E-state index in [9.17, 15) is 4.79 Å². The fourth-order valence-corrected chi connectivity index (χ4v) is 2.18. The normalized spacial score (nSPS) is 21.9. The molecule has 0 unspecified atom stereocenters. The van der Waals surface area contributed by atoms with Crippen LogP contribution in [0, 0.1) is 5.92 Å². The van der Waals surface area contributed by atoms with Gasteiger partial charge in [0.1, 0.15) is 0 Å². The molecule has 16 heavy (non-hydrogen) atoms. The first-order valence-electron chi connectivity index (χ1n) is 5.72. The van der Waals surface area contributed by atoms with Gasteiger partial charge in [-0.3, -0.25) is 4.79 Å². The highest BCUT2D eigenvalue weighted by Gasteiger charge is 2.22. The van der Waals surface area contributed by atoms with Crippen molar-refractivity contribution < 1.29 is 4.79 Å². The smallest absolute Gasteiger partial charge is 0.152 e. The second-order valence-electron chi connectivity index (χ2n) is 4.59. The fraction of sp³-hybridized carbons (Fsp3) is 0.462. The molecular weight excluding hydrogens is 200 g/mol. The summed E-state index contributed by atoms with van der Waals surface area (Å²) in [5.74, 6) is 0.838. The summed E-state index contributed by atoms with van der Waals surface area (Å²) in [6, 6.07) is 0. The summed E-state index contributed by atoms with van der Waals surface area (Å²) < 4.78 is 0. The van der Waals surface area contributed by atoms with Gasteiger partial charge in [0.05, 0.1) is 0 Å². The zero-order valence-corrected chi connectivity index (χ0v) is 9.72. The summed E-state index contributed by atoms with van der Waals surface area (Å²) in [7, 11) is 0. The summed E-state index contributed by atoms with van der Waals surface area (Å²) >= 11 is 0. The molecule has 1 saturated heterocycles. The quantitative estimate of drug-likeness (QED) is 0.666. The van der Waals surface area contributed by atoms with Gasteiger partial charge in [-0.2, -0.15) is 0 Å². The molecule has 0 aromatic rings. The average molecular weight is 218 g/mol. The Kier molecular flexibility index (Phi) is 3.25. The van der Waals surface area contributed by atoms with Crippen LogP contribution < -0.4 is 0 Å². The fourth-order valence-electron chi connectivity index (χ4n) is 2.18. The van der Waals surface area contributed by atoms with E-state index >= 15 is 0 Å². The number of carbonyl (C=O) groups excluding carboxylic acids is 1. The lowest BCUT2D eigenvalue weighted by molar-refractivity contribution is -0.104. The molecule has 0 atom stereocenters. The number of carbonyl (C=O) groups is 1. The van der Waals surface area contributed by atoms with Gasteiger partial charge in [0.2, 0.25) is 0 Å². The highest BCUT2D eigenvalue weighted by Crippen LogP contribution is 2.18. The monoisotopic (exact) mass is 218 g/mol. The van der Waals surface area contributed by atoms with Crippen LogP contribution in [0.3, 0.4) is 0 Å². The van der Waals surface area contributed by atoms with Gasteiger partial charge in [0, 0.05) is 43.6 Å². The minimum atomic E-state index is 0.680. The van der Waals surface area contributed by atoms with E-state index in [1.54, 1.807) is 6.08 Å². The molecule has 0 aromatic carbocycles. The standard InChI is InChI=1S/C13H18N2O/c1-11-8-14(9-11)6-7-15-5-3-4-13(10-16)12(15)2/h3-5,10-11H,2,6-9H2,1H3. The van der Waals surface area contributed by atoms with Crippen LogP contribution in [-0.2, 0) is 4.79 Å². The first kappa shape index (κ1) is 11.1. The molecule has 0 radical (unpaired) electrons. The van der Waals surface area contributed by atoms with Crippen molar-refractivity contribution in [3.63, 3.8) is 0 Å². The molecule has 2 rings (SSSR count). The minimum Gasteiger partial charge on any atom is -0.347 e. The van der Waals surface area contributed by atoms with Crippen molar-refractivity contribution >= 4 is 6.29 Å². The van der Waals surface area contributed by atoms with Crippen molar-refractivity contribution in [3.05, 3.63) is 36.2 Å². The van der Waals surface area contributed by atoms with Crippen molar-refractivity contribution in [2.75, 3.05) is 26.2 Å². The van der Waals surface area contributed by atoms with Gasteiger partial charge in [-0.05, 0) is 18.1 Å². The molecule has 0 N–H and O–H groups in total. The number of allylic oxidation sites excluding steroid dienone is 3. The summed E-state index contributed by atoms with van der Waals surface area (Å²) in [6.07, 6.45) is 6.55. The lowest BCUT2D eigenvalue weighted by Gasteiger charge is -2.38. The predicted octanol–water partition coefficient (Wildman–Crippen LogP) is 1.41. The molecule has 0 saturated carbocycles. The molecule has 0 aromatic heterocycles. The summed E-state index contributed by atoms with van der Waals surface area (Å²) in [5.41, 5.74) is 1.49. The zero-order chi connectivity index (χ0) is 11.5. The molecule has 0 amide bonds. The maximum atomic E-state index is 10.8. The number of hydrogen-bond donors (Lipinski definition) is 0. The van der Waals surface area contributed by atoms with Gasteiger partial charge in [-0.25, -0.2) is 0 Å². The Morgan fingerprint density at radius 3 is 2.88 bits per heavy atom. The van der Waals surface area contributed by atoms with E-state index in [0.29, 0.717) is 5.57 Å². The number of hydrogen-bond acceptors (Lipinski definition) is 3. The van der Waals surface area contributed by atoms with E-state index in [4.69, 9.17) is 0 Å². The van der Waals surface area contributed by atoms with E-state index in [1.807, 2.05) is 17.2 Å². The van der Waals surface area contributed by atoms with Crippen molar-refractivity contribution in [1.29, 1.82) is 0 Å². The van der Waals surface area contributed by atoms with Crippen LogP contribution in [0.5, 0.6) is 0 Å². The maximum absolute atomic E-state index is 10.8. The van der Waals surface area contributed by atoms with Gasteiger partial charge >= 0.3 is 0 Å². The van der Waals surface area contributed by atoms with Crippen molar-refractivity contribution in [2.24, 2.45) is 5.92 Å². The third-order valence-corrected chi connectivity index (χ3v) is 3.15. The zero-order valence-electron chi connectivity index (χ0n) is 9.72. The van der Waals surface area contributed by atoms with E-state index in [1.165, 1.54) is 13.1 Å². The molecule has 3 nitrogen and oxygen atoms in total. The first-order chi connectivity index (χ1) is 7.70. The van der Waals surface area contributed by atoms with Crippen LogP contribution in [0.4, 0.5) is 0 Å². The van der Waals surface area contributed by atoms with E-state index < -0.39 is 0 Å². The molecule has 0 bridgehead atoms. The third-order valence-electron chi connectivity index (χ3n) is 3.15. The van der Waals surface area contributed by atoms with Crippen molar-refractivity contribution in [1.82, 2.24) is 9.80 Å². The molecular formula is C13H18N2O. The van der Waals surface area contributed by atoms with Crippen LogP contribution in [0.25, 0.3) is 0 Å². The number of rotatable bonds is 4. The molecule has 1 fully saturated rings. The summed E-state index contributed by atoms with van der Waals surface area (Å²) in [6.45, 7) is 10.5. The van der Waals surface area contributed by atoms with Crippen LogP contribution in [0.15, 0.2) is 36.2 Å². The van der Waals surface area contributed by atoms with Crippen molar-refractivity contribution in [2.45, 2.75) is 6.92 Å². The minimum absolute atomic E-state index is 0.680. The van der Waals surface area contributed by atoms with Crippen LogP contribution >= 0.6 is 0 Å². The Balaban J connectivity index is 1.82. The van der Waals surface area contributed by atoms with Crippen LogP contribution in [0.1, 0.15) is 6.92 Å². The van der Waals surface area contributed by atoms with Crippen molar-refractivity contribution in [3.8, 4) is 0 Å². The molecule has 3 heteroatoms. The second kappa shape index (κ2) is 4.66. The first-order valence-corrected chi connectivity index (χ1v) is 5.72. The highest BCUT2D eigenvalue weighted by atomic mass is 16.1. The average Bonchev–Trinajstić information content (AvgIpc) is 2.24. The Bertz CT molecular complexity index is 351. The van der Waals surface area contributed by atoms with Gasteiger partial charge in [-0.1, -0.05) is 13.5 Å². The molecule has 86 valence electrons. The van der Waals surface area contributed by atoms with Crippen LogP contribution in [-0.4, -0.2) is 42.3 Å². The topological polar surface area (TPSA) is 23.6 Å². The summed E-state index contributed by atoms with van der Waals surface area (Å²) in [5, 5.41) is 0. The van der Waals surface area contributed by atoms with Gasteiger partial charge < -0.3 is 9.80 Å². The number of likely N-dealkylation sites (tertiary alicyclic amines) is 1. The van der Waals surface area contributed by atoms with Crippen LogP contribution in [0.2, 0.25) is 0 Å². The van der Waals surface area contributed by atoms with E-state index in [2.05, 4.69) is 18.4 Å². The third kappa shape index (κ3) is 2.25. The Morgan fingerprint density at radius 2 is 2.25 bits per heavy atom. The van der Waals surface area contributed by atoms with Gasteiger partial charge in [0.25, 0.3) is 0 Å². The molecule has 0 spiro atoms. The highest BCUT2D eigenvalue weighted by molar-refractivity contribution is 5.80. The second-order valence-corrected chi connectivity index (χ2v) is 4.59. The largest absolute Gasteiger partial charge is 0.347 e. The lowest BCUT2D eigenvalue weighted by atomic mass is 10.0. The summed E-state index contributed by atoms with van der Waals surface area (Å²) in [4.78, 5) is 15.2. The lowest BCUT2D eigenvalue weighted by Crippen LogP contribution is -2.47. The molecule has 2 aliphatic rings. The van der Waals surface area contributed by atoms with Gasteiger partial charge in [-0.15, -0.1) is 0 Å². The molecule has 2 heterocycles. The Morgan fingerprint density at radius 1 is 1.50 bits per heavy atom. The predicted molar refractivity (Wildman–Crippen MR) is 64.7 cm³/mol. The number of nitrogens with zero attached hydrogens (tertiary/aromatic N) is 2. The SMILES string of the molecule is C=C1C(C=O)=CC=CN1CCN1CC(C)C1. The Hall–Kier alpha value is -1.35. The van der Waals surface area contributed by atoms with E-state index in [-0.39, 0.29) is 0 Å². The van der Waals surface area contributed by atoms with Gasteiger partial charge in [0.15, 0.2) is 6.29 Å². The molecule has 0 aliphatic carbocycles. The molecule has 2 aliphatic heterocycles. The Labute approximate surface area is 96.7 Å². The van der Waals surface area contributed by atoms with E-state index in [0.717, 1.165) is 31.0 Å². The number of aldehydes is 1. The maximum Gasteiger partial charge on any atom is 0.152 e.